The largest absolute Gasteiger partial charge is 0.383 e. The van der Waals surface area contributed by atoms with Crippen molar-refractivity contribution in [1.29, 1.82) is 0 Å². The zero-order valence-electron chi connectivity index (χ0n) is 14.0. The number of nitrogens with one attached hydrogen (secondary N) is 3. The predicted molar refractivity (Wildman–Crippen MR) is 90.9 cm³/mol. The number of ether oxygens (including phenoxy) is 1. The van der Waals surface area contributed by atoms with Gasteiger partial charge in [-0.3, -0.25) is 4.79 Å². The average Bonchev–Trinajstić information content (AvgIpc) is 2.51. The highest BCUT2D eigenvalue weighted by Gasteiger charge is 2.28. The van der Waals surface area contributed by atoms with Crippen LogP contribution >= 0.6 is 0 Å². The number of sulfonamides is 1. The average molecular weight is 355 g/mol. The van der Waals surface area contributed by atoms with Crippen LogP contribution in [0.4, 0.5) is 0 Å². The van der Waals surface area contributed by atoms with Crippen molar-refractivity contribution in [3.8, 4) is 0 Å². The Balaban J connectivity index is 1.86. The van der Waals surface area contributed by atoms with E-state index in [1.165, 1.54) is 19.2 Å². The zero-order valence-corrected chi connectivity index (χ0v) is 14.9. The topological polar surface area (TPSA) is 96.5 Å². The van der Waals surface area contributed by atoms with Crippen molar-refractivity contribution in [2.75, 3.05) is 33.4 Å². The van der Waals surface area contributed by atoms with E-state index in [1.807, 2.05) is 6.92 Å². The van der Waals surface area contributed by atoms with Crippen LogP contribution in [0, 0.1) is 11.8 Å². The van der Waals surface area contributed by atoms with Crippen LogP contribution < -0.4 is 15.4 Å². The molecule has 0 spiro atoms. The fourth-order valence-corrected chi connectivity index (χ4v) is 3.39. The van der Waals surface area contributed by atoms with E-state index in [9.17, 15) is 13.2 Å². The van der Waals surface area contributed by atoms with E-state index in [2.05, 4.69) is 15.4 Å². The molecular weight excluding hydrogens is 330 g/mol. The molecule has 2 rings (SSSR count). The Morgan fingerprint density at radius 2 is 2.00 bits per heavy atom. The Hall–Kier alpha value is -1.48. The van der Waals surface area contributed by atoms with Gasteiger partial charge in [-0.1, -0.05) is 19.1 Å². The maximum atomic E-state index is 12.1. The van der Waals surface area contributed by atoms with Gasteiger partial charge in [-0.05, 0) is 36.7 Å². The molecule has 1 aliphatic heterocycles. The molecule has 0 aliphatic carbocycles. The molecule has 1 aliphatic rings. The standard InChI is InChI=1S/C16H25N3O4S/c1-12(14-10-17-11-14)16(20)18-9-13-3-5-15(6-4-13)24(21,22)19-7-8-23-2/h3-6,12,14,17,19H,7-11H2,1-2H3,(H,18,20). The molecule has 1 unspecified atom stereocenters. The summed E-state index contributed by atoms with van der Waals surface area (Å²) < 4.78 is 31.4. The van der Waals surface area contributed by atoms with Gasteiger partial charge in [0.2, 0.25) is 15.9 Å². The van der Waals surface area contributed by atoms with Gasteiger partial charge in [0.25, 0.3) is 0 Å². The first kappa shape index (κ1) is 18.9. The number of hydrogen-bond donors (Lipinski definition) is 3. The predicted octanol–water partition coefficient (Wildman–Crippen LogP) is 0.0830. The number of carbonyl (C=O) groups is 1. The summed E-state index contributed by atoms with van der Waals surface area (Å²) in [6.45, 7) is 4.64. The molecule has 0 saturated carbocycles. The first-order valence-corrected chi connectivity index (χ1v) is 9.48. The van der Waals surface area contributed by atoms with Gasteiger partial charge in [0, 0.05) is 26.1 Å². The fraction of sp³-hybridized carbons (Fsp3) is 0.562. The van der Waals surface area contributed by atoms with Crippen molar-refractivity contribution >= 4 is 15.9 Å². The molecule has 8 heteroatoms. The summed E-state index contributed by atoms with van der Waals surface area (Å²) in [5.41, 5.74) is 0.859. The summed E-state index contributed by atoms with van der Waals surface area (Å²) >= 11 is 0. The summed E-state index contributed by atoms with van der Waals surface area (Å²) in [6.07, 6.45) is 0. The molecule has 0 aromatic heterocycles. The number of carbonyl (C=O) groups excluding carboxylic acids is 1. The van der Waals surface area contributed by atoms with Crippen LogP contribution in [-0.4, -0.2) is 47.7 Å². The van der Waals surface area contributed by atoms with Crippen molar-refractivity contribution in [2.45, 2.75) is 18.4 Å². The lowest BCUT2D eigenvalue weighted by Crippen LogP contribution is -2.49. The minimum atomic E-state index is -3.53. The van der Waals surface area contributed by atoms with E-state index in [0.717, 1.165) is 18.7 Å². The highest BCUT2D eigenvalue weighted by atomic mass is 32.2. The number of rotatable bonds is 9. The van der Waals surface area contributed by atoms with E-state index in [0.29, 0.717) is 19.1 Å². The zero-order chi connectivity index (χ0) is 17.6. The molecular formula is C16H25N3O4S. The summed E-state index contributed by atoms with van der Waals surface area (Å²) in [7, 11) is -2.01. The molecule has 1 atom stereocenters. The molecule has 134 valence electrons. The third kappa shape index (κ3) is 5.01. The summed E-state index contributed by atoms with van der Waals surface area (Å²) in [5.74, 6) is 0.408. The van der Waals surface area contributed by atoms with Crippen molar-refractivity contribution in [3.05, 3.63) is 29.8 Å². The first-order chi connectivity index (χ1) is 11.4. The van der Waals surface area contributed by atoms with Crippen molar-refractivity contribution in [3.63, 3.8) is 0 Å². The van der Waals surface area contributed by atoms with E-state index < -0.39 is 10.0 Å². The SMILES string of the molecule is COCCNS(=O)(=O)c1ccc(CNC(=O)C(C)C2CNC2)cc1. The van der Waals surface area contributed by atoms with Gasteiger partial charge >= 0.3 is 0 Å². The summed E-state index contributed by atoms with van der Waals surface area (Å²) in [6, 6.07) is 6.49. The number of methoxy groups -OCH3 is 1. The van der Waals surface area contributed by atoms with Gasteiger partial charge in [0.1, 0.15) is 0 Å². The highest BCUT2D eigenvalue weighted by molar-refractivity contribution is 7.89. The molecule has 0 radical (unpaired) electrons. The van der Waals surface area contributed by atoms with Crippen LogP contribution in [0.5, 0.6) is 0 Å². The molecule has 0 bridgehead atoms. The number of amides is 1. The van der Waals surface area contributed by atoms with Crippen LogP contribution in [0.15, 0.2) is 29.2 Å². The van der Waals surface area contributed by atoms with Crippen LogP contribution in [0.1, 0.15) is 12.5 Å². The maximum absolute atomic E-state index is 12.1. The highest BCUT2D eigenvalue weighted by Crippen LogP contribution is 2.16. The Labute approximate surface area is 143 Å². The molecule has 1 aromatic rings. The van der Waals surface area contributed by atoms with Gasteiger partial charge in [0.15, 0.2) is 0 Å². The molecule has 24 heavy (non-hydrogen) atoms. The number of hydrogen-bond acceptors (Lipinski definition) is 5. The first-order valence-electron chi connectivity index (χ1n) is 8.00. The summed E-state index contributed by atoms with van der Waals surface area (Å²) in [4.78, 5) is 12.3. The second-order valence-corrected chi connectivity index (χ2v) is 7.73. The van der Waals surface area contributed by atoms with Crippen LogP contribution in [0.2, 0.25) is 0 Å². The normalized spacial score (nSPS) is 16.4. The van der Waals surface area contributed by atoms with Gasteiger partial charge in [-0.15, -0.1) is 0 Å². The lowest BCUT2D eigenvalue weighted by atomic mass is 9.88. The molecule has 7 nitrogen and oxygen atoms in total. The van der Waals surface area contributed by atoms with Crippen molar-refractivity contribution < 1.29 is 17.9 Å². The van der Waals surface area contributed by atoms with E-state index in [1.54, 1.807) is 12.1 Å². The van der Waals surface area contributed by atoms with Crippen LogP contribution in [0.3, 0.4) is 0 Å². The molecule has 1 heterocycles. The smallest absolute Gasteiger partial charge is 0.240 e. The van der Waals surface area contributed by atoms with Crippen molar-refractivity contribution in [1.82, 2.24) is 15.4 Å². The van der Waals surface area contributed by atoms with Crippen LogP contribution in [-0.2, 0) is 26.1 Å². The van der Waals surface area contributed by atoms with E-state index >= 15 is 0 Å². The Morgan fingerprint density at radius 3 is 2.54 bits per heavy atom. The Kier molecular flexibility index (Phi) is 6.73. The minimum absolute atomic E-state index is 0.0177. The molecule has 1 aromatic carbocycles. The van der Waals surface area contributed by atoms with E-state index in [-0.39, 0.29) is 23.3 Å². The van der Waals surface area contributed by atoms with E-state index in [4.69, 9.17) is 4.74 Å². The molecule has 3 N–H and O–H groups in total. The van der Waals surface area contributed by atoms with Gasteiger partial charge in [-0.25, -0.2) is 13.1 Å². The van der Waals surface area contributed by atoms with Crippen molar-refractivity contribution in [2.24, 2.45) is 11.8 Å². The van der Waals surface area contributed by atoms with Gasteiger partial charge in [-0.2, -0.15) is 0 Å². The lowest BCUT2D eigenvalue weighted by Gasteiger charge is -2.31. The maximum Gasteiger partial charge on any atom is 0.240 e. The molecule has 1 saturated heterocycles. The second-order valence-electron chi connectivity index (χ2n) is 5.96. The fourth-order valence-electron chi connectivity index (χ4n) is 2.38. The Bertz CT molecular complexity index is 642. The third-order valence-electron chi connectivity index (χ3n) is 4.23. The van der Waals surface area contributed by atoms with Gasteiger partial charge < -0.3 is 15.4 Å². The molecule has 1 amide bonds. The third-order valence-corrected chi connectivity index (χ3v) is 5.71. The lowest BCUT2D eigenvalue weighted by molar-refractivity contribution is -0.126. The Morgan fingerprint density at radius 1 is 1.33 bits per heavy atom. The number of benzene rings is 1. The van der Waals surface area contributed by atoms with Crippen LogP contribution in [0.25, 0.3) is 0 Å². The second kappa shape index (κ2) is 8.57. The quantitative estimate of drug-likeness (QED) is 0.545. The minimum Gasteiger partial charge on any atom is -0.383 e. The summed E-state index contributed by atoms with van der Waals surface area (Å²) in [5, 5.41) is 6.06. The molecule has 1 fully saturated rings. The monoisotopic (exact) mass is 355 g/mol. The van der Waals surface area contributed by atoms with Gasteiger partial charge in [0.05, 0.1) is 11.5 Å².